The maximum Gasteiger partial charge on any atom is 0.422 e. The van der Waals surface area contributed by atoms with Crippen LogP contribution in [0.15, 0.2) is 18.3 Å². The highest BCUT2D eigenvalue weighted by Gasteiger charge is 2.28. The molecule has 1 unspecified atom stereocenters. The SMILES string of the molecule is CSCCC(NC(N)=O)C(=O)Nc1ccc(OCC(F)(F)F)nc1. The van der Waals surface area contributed by atoms with Gasteiger partial charge in [0.05, 0.1) is 11.9 Å². The van der Waals surface area contributed by atoms with Crippen LogP contribution in [0.25, 0.3) is 0 Å². The molecule has 0 radical (unpaired) electrons. The lowest BCUT2D eigenvalue weighted by atomic mass is 10.2. The van der Waals surface area contributed by atoms with E-state index in [2.05, 4.69) is 20.4 Å². The minimum atomic E-state index is -4.46. The van der Waals surface area contributed by atoms with E-state index < -0.39 is 30.8 Å². The number of anilines is 1. The summed E-state index contributed by atoms with van der Waals surface area (Å²) in [7, 11) is 0. The Morgan fingerprint density at radius 3 is 2.62 bits per heavy atom. The molecule has 1 atom stereocenters. The Balaban J connectivity index is 2.62. The van der Waals surface area contributed by atoms with Crippen LogP contribution in [0.5, 0.6) is 5.88 Å². The summed E-state index contributed by atoms with van der Waals surface area (Å²) in [4.78, 5) is 26.7. The fourth-order valence-electron chi connectivity index (χ4n) is 1.60. The van der Waals surface area contributed by atoms with Gasteiger partial charge in [0.25, 0.3) is 0 Å². The van der Waals surface area contributed by atoms with Gasteiger partial charge in [-0.25, -0.2) is 9.78 Å². The van der Waals surface area contributed by atoms with Gasteiger partial charge in [-0.3, -0.25) is 4.79 Å². The van der Waals surface area contributed by atoms with E-state index in [0.717, 1.165) is 6.20 Å². The molecule has 1 rings (SSSR count). The van der Waals surface area contributed by atoms with Gasteiger partial charge in [0.1, 0.15) is 6.04 Å². The molecule has 7 nitrogen and oxygen atoms in total. The third-order valence-electron chi connectivity index (χ3n) is 2.63. The molecule has 3 amide bonds. The molecule has 11 heteroatoms. The van der Waals surface area contributed by atoms with E-state index in [4.69, 9.17) is 5.73 Å². The van der Waals surface area contributed by atoms with E-state index in [1.807, 2.05) is 6.26 Å². The van der Waals surface area contributed by atoms with E-state index in [1.54, 1.807) is 0 Å². The topological polar surface area (TPSA) is 106 Å². The number of ether oxygens (including phenoxy) is 1. The van der Waals surface area contributed by atoms with Gasteiger partial charge >= 0.3 is 12.2 Å². The van der Waals surface area contributed by atoms with Crippen LogP contribution in [-0.2, 0) is 4.79 Å². The molecule has 0 bridgehead atoms. The molecule has 24 heavy (non-hydrogen) atoms. The molecule has 0 saturated carbocycles. The van der Waals surface area contributed by atoms with E-state index in [9.17, 15) is 22.8 Å². The molecule has 0 aliphatic carbocycles. The zero-order valence-corrected chi connectivity index (χ0v) is 13.5. The molecule has 0 aromatic carbocycles. The Morgan fingerprint density at radius 1 is 1.42 bits per heavy atom. The molecule has 0 saturated heterocycles. The van der Waals surface area contributed by atoms with Crippen LogP contribution in [0.3, 0.4) is 0 Å². The highest BCUT2D eigenvalue weighted by Crippen LogP contribution is 2.18. The van der Waals surface area contributed by atoms with Gasteiger partial charge < -0.3 is 21.1 Å². The van der Waals surface area contributed by atoms with Crippen LogP contribution >= 0.6 is 11.8 Å². The Bertz CT molecular complexity index is 554. The van der Waals surface area contributed by atoms with Crippen molar-refractivity contribution in [2.75, 3.05) is 23.9 Å². The Morgan fingerprint density at radius 2 is 2.12 bits per heavy atom. The molecule has 4 N–H and O–H groups in total. The van der Waals surface area contributed by atoms with Crippen LogP contribution in [0.1, 0.15) is 6.42 Å². The number of carbonyl (C=O) groups is 2. The number of nitrogens with zero attached hydrogens (tertiary/aromatic N) is 1. The second kappa shape index (κ2) is 9.21. The maximum atomic E-state index is 12.1. The number of aromatic nitrogens is 1. The summed E-state index contributed by atoms with van der Waals surface area (Å²) >= 11 is 1.50. The first-order valence-corrected chi connectivity index (χ1v) is 8.12. The molecule has 0 spiro atoms. The van der Waals surface area contributed by atoms with Gasteiger partial charge in [0, 0.05) is 6.07 Å². The fraction of sp³-hybridized carbons (Fsp3) is 0.462. The smallest absolute Gasteiger partial charge is 0.422 e. The Hall–Kier alpha value is -2.17. The monoisotopic (exact) mass is 366 g/mol. The first-order chi connectivity index (χ1) is 11.2. The Labute approximate surface area is 140 Å². The van der Waals surface area contributed by atoms with Crippen LogP contribution in [0.2, 0.25) is 0 Å². The normalized spacial score (nSPS) is 12.3. The van der Waals surface area contributed by atoms with Crippen molar-refractivity contribution >= 4 is 29.4 Å². The average molecular weight is 366 g/mol. The third kappa shape index (κ3) is 7.90. The van der Waals surface area contributed by atoms with Crippen molar-refractivity contribution in [3.05, 3.63) is 18.3 Å². The molecular formula is C13H17F3N4O3S. The van der Waals surface area contributed by atoms with Gasteiger partial charge in [-0.15, -0.1) is 0 Å². The van der Waals surface area contributed by atoms with Gasteiger partial charge in [-0.2, -0.15) is 24.9 Å². The summed E-state index contributed by atoms with van der Waals surface area (Å²) in [6.45, 7) is -1.45. The number of primary amides is 1. The number of thioether (sulfide) groups is 1. The quantitative estimate of drug-likeness (QED) is 0.650. The van der Waals surface area contributed by atoms with E-state index >= 15 is 0 Å². The van der Waals surface area contributed by atoms with Crippen molar-refractivity contribution in [1.29, 1.82) is 0 Å². The number of pyridine rings is 1. The summed E-state index contributed by atoms with van der Waals surface area (Å²) in [5.74, 6) is -0.103. The van der Waals surface area contributed by atoms with Crippen molar-refractivity contribution in [2.45, 2.75) is 18.6 Å². The minimum Gasteiger partial charge on any atom is -0.468 e. The predicted molar refractivity (Wildman–Crippen MR) is 83.9 cm³/mol. The highest BCUT2D eigenvalue weighted by molar-refractivity contribution is 7.98. The zero-order valence-electron chi connectivity index (χ0n) is 12.7. The van der Waals surface area contributed by atoms with Gasteiger partial charge in [-0.05, 0) is 24.5 Å². The van der Waals surface area contributed by atoms with E-state index in [0.29, 0.717) is 12.2 Å². The predicted octanol–water partition coefficient (Wildman–Crippen LogP) is 1.75. The number of carbonyl (C=O) groups excluding carboxylic acids is 2. The van der Waals surface area contributed by atoms with Crippen LogP contribution in [-0.4, -0.2) is 47.8 Å². The second-order valence-electron chi connectivity index (χ2n) is 4.62. The summed E-state index contributed by atoms with van der Waals surface area (Å²) in [6, 6.07) is 0.883. The molecule has 1 aromatic rings. The number of hydrogen-bond acceptors (Lipinski definition) is 5. The number of alkyl halides is 3. The lowest BCUT2D eigenvalue weighted by Crippen LogP contribution is -2.46. The molecule has 134 valence electrons. The number of urea groups is 1. The second-order valence-corrected chi connectivity index (χ2v) is 5.61. The van der Waals surface area contributed by atoms with Gasteiger partial charge in [-0.1, -0.05) is 0 Å². The number of nitrogens with one attached hydrogen (secondary N) is 2. The number of rotatable bonds is 8. The van der Waals surface area contributed by atoms with Crippen LogP contribution in [0.4, 0.5) is 23.7 Å². The summed E-state index contributed by atoms with van der Waals surface area (Å²) < 4.78 is 40.6. The van der Waals surface area contributed by atoms with Crippen LogP contribution < -0.4 is 21.1 Å². The first-order valence-electron chi connectivity index (χ1n) is 6.72. The summed E-state index contributed by atoms with van der Waals surface area (Å²) in [6.07, 6.45) is -1.09. The van der Waals surface area contributed by atoms with Gasteiger partial charge in [0.15, 0.2) is 6.61 Å². The van der Waals surface area contributed by atoms with Crippen molar-refractivity contribution in [3.63, 3.8) is 0 Å². The van der Waals surface area contributed by atoms with E-state index in [-0.39, 0.29) is 11.6 Å². The van der Waals surface area contributed by atoms with E-state index in [1.165, 1.54) is 23.9 Å². The fourth-order valence-corrected chi connectivity index (χ4v) is 2.07. The third-order valence-corrected chi connectivity index (χ3v) is 3.28. The molecular weight excluding hydrogens is 349 g/mol. The van der Waals surface area contributed by atoms with Crippen LogP contribution in [0, 0.1) is 0 Å². The maximum absolute atomic E-state index is 12.1. The molecule has 0 aliphatic rings. The highest BCUT2D eigenvalue weighted by atomic mass is 32.2. The lowest BCUT2D eigenvalue weighted by molar-refractivity contribution is -0.154. The first kappa shape index (κ1) is 19.9. The standard InChI is InChI=1S/C13H17F3N4O3S/c1-24-5-4-9(20-12(17)22)11(21)19-8-2-3-10(18-6-8)23-7-13(14,15)16/h2-3,6,9H,4-5,7H2,1H3,(H,19,21)(H3,17,20,22). The average Bonchev–Trinajstić information content (AvgIpc) is 2.49. The summed E-state index contributed by atoms with van der Waals surface area (Å²) in [5, 5.41) is 4.82. The van der Waals surface area contributed by atoms with Gasteiger partial charge in [0.2, 0.25) is 11.8 Å². The number of nitrogens with two attached hydrogens (primary N) is 1. The molecule has 0 fully saturated rings. The van der Waals surface area contributed by atoms with Crippen molar-refractivity contribution in [1.82, 2.24) is 10.3 Å². The van der Waals surface area contributed by atoms with Crippen molar-refractivity contribution in [3.8, 4) is 5.88 Å². The van der Waals surface area contributed by atoms with Crippen molar-refractivity contribution < 1.29 is 27.5 Å². The van der Waals surface area contributed by atoms with Crippen molar-refractivity contribution in [2.24, 2.45) is 5.73 Å². The number of halogens is 3. The summed E-state index contributed by atoms with van der Waals surface area (Å²) in [5.41, 5.74) is 5.28. The lowest BCUT2D eigenvalue weighted by Gasteiger charge is -2.17. The Kier molecular flexibility index (Phi) is 7.62. The number of amides is 3. The zero-order chi connectivity index (χ0) is 18.2. The minimum absolute atomic E-state index is 0.223. The largest absolute Gasteiger partial charge is 0.468 e. The molecule has 1 heterocycles. The molecule has 1 aromatic heterocycles. The number of hydrogen-bond donors (Lipinski definition) is 3. The molecule has 0 aliphatic heterocycles.